The minimum absolute atomic E-state index is 0.135. The van der Waals surface area contributed by atoms with Crippen LogP contribution in [0.5, 0.6) is 0 Å². The van der Waals surface area contributed by atoms with Gasteiger partial charge in [0.15, 0.2) is 0 Å². The molecule has 0 aliphatic rings. The van der Waals surface area contributed by atoms with Gasteiger partial charge in [-0.25, -0.2) is 0 Å². The number of carbonyl (C=O) groups is 1. The van der Waals surface area contributed by atoms with Crippen LogP contribution in [-0.2, 0) is 4.79 Å². The predicted octanol–water partition coefficient (Wildman–Crippen LogP) is 3.96. The number of hydrogen-bond donors (Lipinski definition) is 2. The molecule has 2 N–H and O–H groups in total. The van der Waals surface area contributed by atoms with E-state index >= 15 is 0 Å². The summed E-state index contributed by atoms with van der Waals surface area (Å²) in [6.45, 7) is 2.14. The molecule has 0 aliphatic carbocycles. The Bertz CT molecular complexity index is 569. The first-order valence-corrected chi connectivity index (χ1v) is 7.73. The molecule has 1 unspecified atom stereocenters. The first-order chi connectivity index (χ1) is 10.6. The molecular formula is C19H23NO2. The molecule has 3 nitrogen and oxygen atoms in total. The van der Waals surface area contributed by atoms with Gasteiger partial charge in [0, 0.05) is 5.69 Å². The van der Waals surface area contributed by atoms with Crippen molar-refractivity contribution in [3.05, 3.63) is 66.2 Å². The summed E-state index contributed by atoms with van der Waals surface area (Å²) >= 11 is 0. The fourth-order valence-corrected chi connectivity index (χ4v) is 2.44. The van der Waals surface area contributed by atoms with E-state index < -0.39 is 6.10 Å². The van der Waals surface area contributed by atoms with E-state index in [4.69, 9.17) is 0 Å². The Morgan fingerprint density at radius 2 is 1.59 bits per heavy atom. The molecule has 3 heteroatoms. The van der Waals surface area contributed by atoms with E-state index in [9.17, 15) is 9.90 Å². The van der Waals surface area contributed by atoms with Gasteiger partial charge in [-0.1, -0.05) is 55.5 Å². The molecule has 116 valence electrons. The van der Waals surface area contributed by atoms with Crippen LogP contribution in [0.3, 0.4) is 0 Å². The van der Waals surface area contributed by atoms with Crippen molar-refractivity contribution in [2.45, 2.75) is 38.2 Å². The Labute approximate surface area is 132 Å². The third-order valence-electron chi connectivity index (χ3n) is 3.78. The van der Waals surface area contributed by atoms with Crippen LogP contribution in [-0.4, -0.2) is 17.1 Å². The molecular weight excluding hydrogens is 274 g/mol. The van der Waals surface area contributed by atoms with Crippen LogP contribution in [0.4, 0.5) is 5.69 Å². The number of rotatable bonds is 7. The standard InChI is InChI=1S/C19H23NO2/c1-15(16-8-4-2-5-9-16)12-13-18(21)14-19(22)20-17-10-6-3-7-11-17/h2-11,15,18,21H,12-14H2,1H3,(H,20,22)/t15?,18-/m0/s1. The first kappa shape index (κ1) is 16.2. The zero-order chi connectivity index (χ0) is 15.8. The topological polar surface area (TPSA) is 49.3 Å². The number of aliphatic hydroxyl groups is 1. The largest absolute Gasteiger partial charge is 0.393 e. The van der Waals surface area contributed by atoms with Crippen LogP contribution in [0.15, 0.2) is 60.7 Å². The molecule has 0 radical (unpaired) electrons. The smallest absolute Gasteiger partial charge is 0.226 e. The maximum absolute atomic E-state index is 11.9. The number of benzene rings is 2. The molecule has 2 atom stereocenters. The molecule has 2 rings (SSSR count). The zero-order valence-electron chi connectivity index (χ0n) is 12.9. The highest BCUT2D eigenvalue weighted by Crippen LogP contribution is 2.21. The van der Waals surface area contributed by atoms with E-state index in [2.05, 4.69) is 24.4 Å². The third-order valence-corrected chi connectivity index (χ3v) is 3.78. The van der Waals surface area contributed by atoms with Gasteiger partial charge in [-0.05, 0) is 36.5 Å². The van der Waals surface area contributed by atoms with Crippen LogP contribution in [0.25, 0.3) is 0 Å². The fraction of sp³-hybridized carbons (Fsp3) is 0.316. The Hall–Kier alpha value is -2.13. The number of para-hydroxylation sites is 1. The Balaban J connectivity index is 1.73. The van der Waals surface area contributed by atoms with E-state index in [-0.39, 0.29) is 12.3 Å². The Morgan fingerprint density at radius 1 is 1.00 bits per heavy atom. The van der Waals surface area contributed by atoms with Crippen molar-refractivity contribution in [1.82, 2.24) is 0 Å². The van der Waals surface area contributed by atoms with Crippen LogP contribution >= 0.6 is 0 Å². The summed E-state index contributed by atoms with van der Waals surface area (Å²) in [7, 11) is 0. The van der Waals surface area contributed by atoms with Gasteiger partial charge in [-0.2, -0.15) is 0 Å². The predicted molar refractivity (Wildman–Crippen MR) is 89.8 cm³/mol. The lowest BCUT2D eigenvalue weighted by Crippen LogP contribution is -2.20. The van der Waals surface area contributed by atoms with E-state index in [0.717, 1.165) is 12.1 Å². The van der Waals surface area contributed by atoms with Crippen molar-refractivity contribution < 1.29 is 9.90 Å². The number of anilines is 1. The minimum atomic E-state index is -0.602. The fourth-order valence-electron chi connectivity index (χ4n) is 2.44. The molecule has 0 saturated heterocycles. The zero-order valence-corrected chi connectivity index (χ0v) is 12.9. The molecule has 0 spiro atoms. The van der Waals surface area contributed by atoms with Crippen LogP contribution < -0.4 is 5.32 Å². The lowest BCUT2D eigenvalue weighted by Gasteiger charge is -2.15. The van der Waals surface area contributed by atoms with Gasteiger partial charge in [-0.15, -0.1) is 0 Å². The average Bonchev–Trinajstić information content (AvgIpc) is 2.54. The number of amides is 1. The van der Waals surface area contributed by atoms with Crippen LogP contribution in [0.2, 0.25) is 0 Å². The molecule has 22 heavy (non-hydrogen) atoms. The normalized spacial score (nSPS) is 13.4. The number of aliphatic hydroxyl groups excluding tert-OH is 1. The molecule has 0 aromatic heterocycles. The van der Waals surface area contributed by atoms with E-state index in [1.165, 1.54) is 5.56 Å². The second-order valence-electron chi connectivity index (χ2n) is 5.66. The van der Waals surface area contributed by atoms with Gasteiger partial charge in [0.25, 0.3) is 0 Å². The van der Waals surface area contributed by atoms with Gasteiger partial charge < -0.3 is 10.4 Å². The lowest BCUT2D eigenvalue weighted by atomic mass is 9.94. The van der Waals surface area contributed by atoms with Gasteiger partial charge in [0.05, 0.1) is 12.5 Å². The highest BCUT2D eigenvalue weighted by molar-refractivity contribution is 5.90. The average molecular weight is 297 g/mol. The summed E-state index contributed by atoms with van der Waals surface area (Å²) in [5.41, 5.74) is 2.03. The molecule has 2 aromatic carbocycles. The third kappa shape index (κ3) is 5.34. The van der Waals surface area contributed by atoms with Crippen molar-refractivity contribution in [1.29, 1.82) is 0 Å². The number of carbonyl (C=O) groups excluding carboxylic acids is 1. The summed E-state index contributed by atoms with van der Waals surface area (Å²) in [5.74, 6) is 0.235. The van der Waals surface area contributed by atoms with Crippen molar-refractivity contribution in [2.24, 2.45) is 0 Å². The van der Waals surface area contributed by atoms with Gasteiger partial charge in [0.2, 0.25) is 5.91 Å². The maximum atomic E-state index is 11.9. The van der Waals surface area contributed by atoms with Crippen molar-refractivity contribution in [3.8, 4) is 0 Å². The van der Waals surface area contributed by atoms with Gasteiger partial charge >= 0.3 is 0 Å². The Kier molecular flexibility index (Phi) is 6.16. The van der Waals surface area contributed by atoms with Crippen molar-refractivity contribution in [2.75, 3.05) is 5.32 Å². The van der Waals surface area contributed by atoms with Crippen molar-refractivity contribution >= 4 is 11.6 Å². The SMILES string of the molecule is CC(CC[C@H](O)CC(=O)Nc1ccccc1)c1ccccc1. The summed E-state index contributed by atoms with van der Waals surface area (Å²) in [5, 5.41) is 12.8. The number of hydrogen-bond acceptors (Lipinski definition) is 2. The molecule has 0 bridgehead atoms. The Morgan fingerprint density at radius 3 is 2.23 bits per heavy atom. The maximum Gasteiger partial charge on any atom is 0.226 e. The molecule has 0 heterocycles. The van der Waals surface area contributed by atoms with Crippen LogP contribution in [0.1, 0.15) is 37.7 Å². The second-order valence-corrected chi connectivity index (χ2v) is 5.66. The second kappa shape index (κ2) is 8.35. The van der Waals surface area contributed by atoms with Gasteiger partial charge in [0.1, 0.15) is 0 Å². The molecule has 0 aliphatic heterocycles. The highest BCUT2D eigenvalue weighted by atomic mass is 16.3. The monoisotopic (exact) mass is 297 g/mol. The molecule has 2 aromatic rings. The summed E-state index contributed by atoms with van der Waals surface area (Å²) in [6.07, 6.45) is 1.02. The summed E-state index contributed by atoms with van der Waals surface area (Å²) in [6, 6.07) is 19.5. The van der Waals surface area contributed by atoms with E-state index in [1.807, 2.05) is 48.5 Å². The lowest BCUT2D eigenvalue weighted by molar-refractivity contribution is -0.118. The quantitative estimate of drug-likeness (QED) is 0.812. The first-order valence-electron chi connectivity index (χ1n) is 7.73. The molecule has 0 saturated carbocycles. The minimum Gasteiger partial charge on any atom is -0.393 e. The van der Waals surface area contributed by atoms with Crippen molar-refractivity contribution in [3.63, 3.8) is 0 Å². The van der Waals surface area contributed by atoms with E-state index in [1.54, 1.807) is 0 Å². The van der Waals surface area contributed by atoms with E-state index in [0.29, 0.717) is 12.3 Å². The summed E-state index contributed by atoms with van der Waals surface area (Å²) < 4.78 is 0. The molecule has 0 fully saturated rings. The van der Waals surface area contributed by atoms with Crippen LogP contribution in [0, 0.1) is 0 Å². The molecule has 1 amide bonds. The number of nitrogens with one attached hydrogen (secondary N) is 1. The summed E-state index contributed by atoms with van der Waals surface area (Å²) in [4.78, 5) is 11.9. The highest BCUT2D eigenvalue weighted by Gasteiger charge is 2.13. The van der Waals surface area contributed by atoms with Gasteiger partial charge in [-0.3, -0.25) is 4.79 Å².